The van der Waals surface area contributed by atoms with Crippen LogP contribution in [0.3, 0.4) is 0 Å². The average molecular weight is 659 g/mol. The van der Waals surface area contributed by atoms with Crippen molar-refractivity contribution < 1.29 is 64.2 Å². The lowest BCUT2D eigenvalue weighted by Gasteiger charge is -2.38. The van der Waals surface area contributed by atoms with Crippen LogP contribution in [0.4, 0.5) is 37.7 Å². The van der Waals surface area contributed by atoms with E-state index in [-0.39, 0.29) is 51.1 Å². The second kappa shape index (κ2) is 18.8. The molecule has 45 heavy (non-hydrogen) atoms. The van der Waals surface area contributed by atoms with Gasteiger partial charge in [-0.1, -0.05) is 12.1 Å². The van der Waals surface area contributed by atoms with Gasteiger partial charge in [0.25, 0.3) is 0 Å². The van der Waals surface area contributed by atoms with Gasteiger partial charge >= 0.3 is 12.4 Å². The first-order valence-corrected chi connectivity index (χ1v) is 13.9. The van der Waals surface area contributed by atoms with E-state index in [1.165, 1.54) is 14.2 Å². The second-order valence-corrected chi connectivity index (χ2v) is 9.38. The molecule has 0 saturated carbocycles. The quantitative estimate of drug-likeness (QED) is 0.107. The largest absolute Gasteiger partial charge is 0.489 e. The first kappa shape index (κ1) is 38.2. The molecule has 0 saturated heterocycles. The number of hydrogen-bond donors (Lipinski definition) is 2. The van der Waals surface area contributed by atoms with Crippen molar-refractivity contribution in [2.45, 2.75) is 17.8 Å². The molecule has 16 heteroatoms. The summed E-state index contributed by atoms with van der Waals surface area (Å²) >= 11 is 0. The molecule has 10 nitrogen and oxygen atoms in total. The smallest absolute Gasteiger partial charge is 0.411 e. The number of halogens is 6. The Morgan fingerprint density at radius 1 is 0.489 bits per heavy atom. The Bertz CT molecular complexity index is 1050. The van der Waals surface area contributed by atoms with Gasteiger partial charge in [0.2, 0.25) is 5.41 Å². The van der Waals surface area contributed by atoms with E-state index in [0.717, 1.165) is 12.1 Å². The number of ether oxygens (including phenoxy) is 8. The van der Waals surface area contributed by atoms with E-state index in [4.69, 9.17) is 49.4 Å². The third-order valence-corrected chi connectivity index (χ3v) is 6.31. The summed E-state index contributed by atoms with van der Waals surface area (Å²) in [5.74, 6) is -0.215. The van der Waals surface area contributed by atoms with Crippen molar-refractivity contribution in [2.75, 3.05) is 105 Å². The van der Waals surface area contributed by atoms with E-state index in [2.05, 4.69) is 0 Å². The first-order valence-electron chi connectivity index (χ1n) is 13.9. The number of nitrogens with two attached hydrogens (primary N) is 2. The van der Waals surface area contributed by atoms with E-state index >= 15 is 0 Å². The maximum atomic E-state index is 14.6. The van der Waals surface area contributed by atoms with Gasteiger partial charge in [-0.25, -0.2) is 0 Å². The van der Waals surface area contributed by atoms with E-state index in [0.29, 0.717) is 63.9 Å². The maximum Gasteiger partial charge on any atom is 0.411 e. The van der Waals surface area contributed by atoms with E-state index < -0.39 is 40.3 Å². The summed E-state index contributed by atoms with van der Waals surface area (Å²) in [4.78, 5) is 0. The Hall–Kier alpha value is -3.02. The molecule has 256 valence electrons. The van der Waals surface area contributed by atoms with Gasteiger partial charge in [-0.15, -0.1) is 0 Å². The van der Waals surface area contributed by atoms with Crippen molar-refractivity contribution >= 4 is 11.4 Å². The molecule has 0 aliphatic rings. The highest BCUT2D eigenvalue weighted by Crippen LogP contribution is 2.57. The number of benzene rings is 2. The molecule has 0 aromatic heterocycles. The molecule has 0 radical (unpaired) electrons. The summed E-state index contributed by atoms with van der Waals surface area (Å²) in [7, 11) is 3.07. The summed E-state index contributed by atoms with van der Waals surface area (Å²) in [5, 5.41) is 0. The molecule has 0 amide bonds. The van der Waals surface area contributed by atoms with E-state index in [1.54, 1.807) is 0 Å². The molecule has 2 rings (SSSR count). The summed E-state index contributed by atoms with van der Waals surface area (Å²) < 4.78 is 129. The fraction of sp³-hybridized carbons (Fsp3) is 0.586. The van der Waals surface area contributed by atoms with Crippen molar-refractivity contribution in [2.24, 2.45) is 0 Å². The van der Waals surface area contributed by atoms with Crippen LogP contribution in [-0.2, 0) is 33.8 Å². The van der Waals surface area contributed by atoms with Gasteiger partial charge in [-0.3, -0.25) is 0 Å². The molecule has 0 heterocycles. The third kappa shape index (κ3) is 11.1. The summed E-state index contributed by atoms with van der Waals surface area (Å²) in [6, 6.07) is 4.44. The minimum Gasteiger partial charge on any atom is -0.489 e. The minimum atomic E-state index is -5.84. The molecular formula is C29H40F6N2O8. The lowest BCUT2D eigenvalue weighted by atomic mass is 9.72. The molecular weight excluding hydrogens is 618 g/mol. The Morgan fingerprint density at radius 3 is 1.09 bits per heavy atom. The van der Waals surface area contributed by atoms with Crippen LogP contribution in [0.25, 0.3) is 0 Å². The average Bonchev–Trinajstić information content (AvgIpc) is 2.96. The predicted molar refractivity (Wildman–Crippen MR) is 153 cm³/mol. The van der Waals surface area contributed by atoms with Gasteiger partial charge in [-0.2, -0.15) is 26.3 Å². The zero-order chi connectivity index (χ0) is 33.3. The van der Waals surface area contributed by atoms with E-state index in [9.17, 15) is 26.3 Å². The maximum absolute atomic E-state index is 14.6. The zero-order valence-electron chi connectivity index (χ0n) is 25.1. The van der Waals surface area contributed by atoms with Crippen LogP contribution < -0.4 is 20.9 Å². The summed E-state index contributed by atoms with van der Waals surface area (Å²) in [6.07, 6.45) is -11.7. The molecule has 0 spiro atoms. The molecule has 0 fully saturated rings. The normalized spacial score (nSPS) is 12.4. The van der Waals surface area contributed by atoms with Crippen molar-refractivity contribution in [3.8, 4) is 11.5 Å². The number of methoxy groups -OCH3 is 2. The topological polar surface area (TPSA) is 126 Å². The highest BCUT2D eigenvalue weighted by molar-refractivity contribution is 5.61. The first-order chi connectivity index (χ1) is 21.4. The summed E-state index contributed by atoms with van der Waals surface area (Å²) in [5.41, 5.74) is 4.09. The molecule has 0 aliphatic heterocycles. The van der Waals surface area contributed by atoms with Crippen LogP contribution in [0.5, 0.6) is 11.5 Å². The van der Waals surface area contributed by atoms with Crippen LogP contribution in [0.15, 0.2) is 36.4 Å². The van der Waals surface area contributed by atoms with Crippen LogP contribution >= 0.6 is 0 Å². The van der Waals surface area contributed by atoms with Gasteiger partial charge in [0.15, 0.2) is 0 Å². The highest BCUT2D eigenvalue weighted by Gasteiger charge is 2.72. The zero-order valence-corrected chi connectivity index (χ0v) is 25.1. The fourth-order valence-electron chi connectivity index (χ4n) is 4.16. The van der Waals surface area contributed by atoms with Gasteiger partial charge in [-0.05, 0) is 35.4 Å². The number of anilines is 2. The minimum absolute atomic E-state index is 0.0590. The number of alkyl halides is 6. The number of nitrogen functional groups attached to an aromatic ring is 2. The van der Waals surface area contributed by atoms with Crippen LogP contribution in [0, 0.1) is 0 Å². The molecule has 0 unspecified atom stereocenters. The van der Waals surface area contributed by atoms with Crippen molar-refractivity contribution in [1.29, 1.82) is 0 Å². The van der Waals surface area contributed by atoms with Gasteiger partial charge in [0, 0.05) is 14.2 Å². The molecule has 0 atom stereocenters. The highest BCUT2D eigenvalue weighted by atomic mass is 19.4. The molecule has 2 aromatic rings. The van der Waals surface area contributed by atoms with Gasteiger partial charge < -0.3 is 49.4 Å². The Kier molecular flexibility index (Phi) is 16.0. The van der Waals surface area contributed by atoms with Crippen molar-refractivity contribution in [3.05, 3.63) is 47.5 Å². The molecule has 2 aromatic carbocycles. The predicted octanol–water partition coefficient (Wildman–Crippen LogP) is 4.38. The standard InChI is InChI=1S/C29H40F6N2O8/c1-38-7-9-40-11-13-42-15-17-44-25-5-3-21(19-23(25)36)27(28(30,31)32,29(33,34)35)22-4-6-26(24(37)20-22)45-18-16-43-14-12-41-10-8-39-2/h3-6,19-20H,7-18,36-37H2,1-2H3. The third-order valence-electron chi connectivity index (χ3n) is 6.31. The van der Waals surface area contributed by atoms with Crippen LogP contribution in [0.2, 0.25) is 0 Å². The van der Waals surface area contributed by atoms with Gasteiger partial charge in [0.05, 0.1) is 77.4 Å². The Morgan fingerprint density at radius 2 is 0.800 bits per heavy atom. The fourth-order valence-corrected chi connectivity index (χ4v) is 4.16. The van der Waals surface area contributed by atoms with Crippen molar-refractivity contribution in [3.63, 3.8) is 0 Å². The second-order valence-electron chi connectivity index (χ2n) is 9.38. The molecule has 4 N–H and O–H groups in total. The monoisotopic (exact) mass is 658 g/mol. The van der Waals surface area contributed by atoms with E-state index in [1.807, 2.05) is 0 Å². The SMILES string of the molecule is COCCOCCOCCOc1ccc(C(c2ccc(OCCOCCOCCOC)c(N)c2)(C(F)(F)F)C(F)(F)F)cc1N. The lowest BCUT2D eigenvalue weighted by Crippen LogP contribution is -2.54. The van der Waals surface area contributed by atoms with Crippen molar-refractivity contribution in [1.82, 2.24) is 0 Å². The number of hydrogen-bond acceptors (Lipinski definition) is 10. The van der Waals surface area contributed by atoms with Gasteiger partial charge in [0.1, 0.15) is 24.7 Å². The molecule has 0 bridgehead atoms. The Balaban J connectivity index is 2.15. The lowest BCUT2D eigenvalue weighted by molar-refractivity contribution is -0.288. The van der Waals surface area contributed by atoms with Crippen LogP contribution in [-0.4, -0.2) is 106 Å². The molecule has 0 aliphatic carbocycles. The summed E-state index contributed by atoms with van der Waals surface area (Å²) in [6.45, 7) is 2.77. The number of rotatable bonds is 22. The Labute approximate surface area is 257 Å². The van der Waals surface area contributed by atoms with Crippen LogP contribution in [0.1, 0.15) is 11.1 Å².